The predicted molar refractivity (Wildman–Crippen MR) is 132 cm³/mol. The highest BCUT2D eigenvalue weighted by Gasteiger charge is 2.31. The Labute approximate surface area is 199 Å². The summed E-state index contributed by atoms with van der Waals surface area (Å²) in [5, 5.41) is 0. The molecular formula is C24H53N3O4S. The molecule has 2 atom stereocenters. The molecule has 1 saturated heterocycles. The van der Waals surface area contributed by atoms with Crippen LogP contribution in [0.1, 0.15) is 110 Å². The summed E-state index contributed by atoms with van der Waals surface area (Å²) in [7, 11) is -1.31. The first kappa shape index (κ1) is 31.8. The van der Waals surface area contributed by atoms with Crippen molar-refractivity contribution in [3.63, 3.8) is 0 Å². The van der Waals surface area contributed by atoms with Gasteiger partial charge in [-0.3, -0.25) is 9.08 Å². The van der Waals surface area contributed by atoms with Gasteiger partial charge in [0.25, 0.3) is 0 Å². The largest absolute Gasteiger partial charge is 0.726 e. The van der Waals surface area contributed by atoms with E-state index < -0.39 is 10.4 Å². The van der Waals surface area contributed by atoms with Crippen LogP contribution in [0.2, 0.25) is 0 Å². The van der Waals surface area contributed by atoms with Crippen LogP contribution in [-0.2, 0) is 14.6 Å². The SMILES string of the molecule is CCCCCCCCCCCCCCCCCC1N(C)CC[NH+]1CCN.COS(=O)(=O)[O-]. The maximum atomic E-state index is 9.22. The molecule has 0 radical (unpaired) electrons. The summed E-state index contributed by atoms with van der Waals surface area (Å²) < 4.78 is 31.0. The molecule has 7 nitrogen and oxygen atoms in total. The van der Waals surface area contributed by atoms with E-state index in [4.69, 9.17) is 5.73 Å². The van der Waals surface area contributed by atoms with Gasteiger partial charge in [-0.25, -0.2) is 8.42 Å². The van der Waals surface area contributed by atoms with Crippen LogP contribution in [0.15, 0.2) is 0 Å². The molecule has 3 N–H and O–H groups in total. The fraction of sp³-hybridized carbons (Fsp3) is 1.00. The minimum atomic E-state index is -4.41. The van der Waals surface area contributed by atoms with Crippen molar-refractivity contribution in [3.05, 3.63) is 0 Å². The molecule has 1 fully saturated rings. The van der Waals surface area contributed by atoms with E-state index in [0.29, 0.717) is 0 Å². The number of rotatable bonds is 19. The van der Waals surface area contributed by atoms with Gasteiger partial charge in [-0.1, -0.05) is 96.8 Å². The molecule has 8 heteroatoms. The molecule has 1 aliphatic rings. The lowest BCUT2D eigenvalue weighted by molar-refractivity contribution is -0.917. The molecule has 2 unspecified atom stereocenters. The normalized spacial score (nSPS) is 19.2. The van der Waals surface area contributed by atoms with Crippen molar-refractivity contribution >= 4 is 10.4 Å². The number of hydrogen-bond acceptors (Lipinski definition) is 6. The second kappa shape index (κ2) is 21.3. The summed E-state index contributed by atoms with van der Waals surface area (Å²) in [6.45, 7) is 6.81. The van der Waals surface area contributed by atoms with Crippen LogP contribution in [-0.4, -0.2) is 64.4 Å². The Balaban J connectivity index is 0.00000140. The highest BCUT2D eigenvalue weighted by molar-refractivity contribution is 7.80. The van der Waals surface area contributed by atoms with Gasteiger partial charge in [0, 0.05) is 13.0 Å². The molecule has 1 rings (SSSR count). The van der Waals surface area contributed by atoms with Crippen molar-refractivity contribution in [2.75, 3.05) is 40.3 Å². The second-order valence-electron chi connectivity index (χ2n) is 9.26. The molecule has 0 spiro atoms. The predicted octanol–water partition coefficient (Wildman–Crippen LogP) is 3.46. The number of nitrogens with zero attached hydrogens (tertiary/aromatic N) is 1. The van der Waals surface area contributed by atoms with Crippen molar-refractivity contribution in [1.82, 2.24) is 4.90 Å². The van der Waals surface area contributed by atoms with Crippen molar-refractivity contribution in [2.45, 2.75) is 116 Å². The summed E-state index contributed by atoms with van der Waals surface area (Å²) >= 11 is 0. The number of nitrogens with one attached hydrogen (secondary N) is 1. The van der Waals surface area contributed by atoms with Gasteiger partial charge >= 0.3 is 0 Å². The van der Waals surface area contributed by atoms with Gasteiger partial charge in [-0.15, -0.1) is 0 Å². The summed E-state index contributed by atoms with van der Waals surface area (Å²) in [6, 6.07) is 0. The zero-order chi connectivity index (χ0) is 24.1. The van der Waals surface area contributed by atoms with E-state index >= 15 is 0 Å². The summed E-state index contributed by atoms with van der Waals surface area (Å²) in [5.41, 5.74) is 5.76. The van der Waals surface area contributed by atoms with Crippen molar-refractivity contribution < 1.29 is 22.1 Å². The molecule has 0 bridgehead atoms. The van der Waals surface area contributed by atoms with Crippen LogP contribution >= 0.6 is 0 Å². The van der Waals surface area contributed by atoms with Gasteiger partial charge in [0.2, 0.25) is 10.4 Å². The summed E-state index contributed by atoms with van der Waals surface area (Å²) in [5.74, 6) is 0. The highest BCUT2D eigenvalue weighted by atomic mass is 32.3. The number of hydrogen-bond donors (Lipinski definition) is 2. The smallest absolute Gasteiger partial charge is 0.217 e. The van der Waals surface area contributed by atoms with Gasteiger partial charge in [0.1, 0.15) is 6.17 Å². The Morgan fingerprint density at radius 3 is 1.69 bits per heavy atom. The van der Waals surface area contributed by atoms with Crippen LogP contribution < -0.4 is 10.6 Å². The maximum Gasteiger partial charge on any atom is 0.217 e. The fourth-order valence-corrected chi connectivity index (χ4v) is 4.56. The standard InChI is InChI=1S/C23H49N3.CH4O4S/c1-3-4-5-6-7-8-9-10-11-12-13-14-15-16-17-18-23-25(2)21-22-26(23)20-19-24;1-5-6(2,3)4/h23H,3-22,24H2,1-2H3;1H3,(H,2,3,4). The molecule has 32 heavy (non-hydrogen) atoms. The Bertz CT molecular complexity index is 503. The number of unbranched alkanes of at least 4 members (excludes halogenated alkanes) is 14. The van der Waals surface area contributed by atoms with Gasteiger partial charge in [-0.05, 0) is 13.5 Å². The molecule has 0 saturated carbocycles. The van der Waals surface area contributed by atoms with Crippen LogP contribution in [0.25, 0.3) is 0 Å². The van der Waals surface area contributed by atoms with Crippen molar-refractivity contribution in [1.29, 1.82) is 0 Å². The second-order valence-corrected chi connectivity index (χ2v) is 10.4. The van der Waals surface area contributed by atoms with Crippen molar-refractivity contribution in [3.8, 4) is 0 Å². The average Bonchev–Trinajstić information content (AvgIpc) is 3.10. The molecule has 0 aromatic heterocycles. The number of nitrogens with two attached hydrogens (primary N) is 1. The Morgan fingerprint density at radius 2 is 1.31 bits per heavy atom. The Kier molecular flexibility index (Phi) is 21.1. The van der Waals surface area contributed by atoms with Crippen LogP contribution in [0.5, 0.6) is 0 Å². The fourth-order valence-electron chi connectivity index (χ4n) is 4.56. The monoisotopic (exact) mass is 479 g/mol. The summed E-state index contributed by atoms with van der Waals surface area (Å²) in [4.78, 5) is 4.27. The maximum absolute atomic E-state index is 9.22. The Hall–Kier alpha value is -0.250. The van der Waals surface area contributed by atoms with Gasteiger partial charge < -0.3 is 15.2 Å². The molecule has 1 heterocycles. The first-order chi connectivity index (χ1) is 15.4. The number of likely N-dealkylation sites (N-methyl/N-ethyl adjacent to an activating group) is 1. The molecule has 0 aliphatic carbocycles. The zero-order valence-electron chi connectivity index (χ0n) is 21.3. The summed E-state index contributed by atoms with van der Waals surface area (Å²) in [6.07, 6.45) is 23.9. The lowest BCUT2D eigenvalue weighted by Gasteiger charge is -2.24. The molecule has 0 amide bonds. The van der Waals surface area contributed by atoms with E-state index in [-0.39, 0.29) is 0 Å². The van der Waals surface area contributed by atoms with E-state index in [1.807, 2.05) is 0 Å². The number of quaternary nitrogens is 1. The van der Waals surface area contributed by atoms with E-state index in [0.717, 1.165) is 26.4 Å². The van der Waals surface area contributed by atoms with Gasteiger partial charge in [0.15, 0.2) is 0 Å². The van der Waals surface area contributed by atoms with Crippen LogP contribution in [0.4, 0.5) is 0 Å². The zero-order valence-corrected chi connectivity index (χ0v) is 22.1. The van der Waals surface area contributed by atoms with Gasteiger partial charge in [0.05, 0.1) is 26.7 Å². The van der Waals surface area contributed by atoms with Crippen LogP contribution in [0, 0.1) is 0 Å². The molecule has 0 aromatic carbocycles. The average molecular weight is 480 g/mol. The van der Waals surface area contributed by atoms with E-state index in [9.17, 15) is 13.0 Å². The molecule has 0 aromatic rings. The van der Waals surface area contributed by atoms with Gasteiger partial charge in [-0.2, -0.15) is 0 Å². The Morgan fingerprint density at radius 1 is 0.906 bits per heavy atom. The minimum absolute atomic E-state index is 0.737. The van der Waals surface area contributed by atoms with Crippen molar-refractivity contribution in [2.24, 2.45) is 5.73 Å². The molecule has 194 valence electrons. The van der Waals surface area contributed by atoms with E-state index in [2.05, 4.69) is 23.1 Å². The first-order valence-corrected chi connectivity index (χ1v) is 14.4. The lowest BCUT2D eigenvalue weighted by atomic mass is 10.0. The quantitative estimate of drug-likeness (QED) is 0.167. The van der Waals surface area contributed by atoms with Crippen LogP contribution in [0.3, 0.4) is 0 Å². The molecular weight excluding hydrogens is 426 g/mol. The first-order valence-electron chi connectivity index (χ1n) is 13.1. The highest BCUT2D eigenvalue weighted by Crippen LogP contribution is 2.14. The third-order valence-corrected chi connectivity index (χ3v) is 6.95. The lowest BCUT2D eigenvalue weighted by Crippen LogP contribution is -3.15. The third-order valence-electron chi connectivity index (χ3n) is 6.54. The molecule has 1 aliphatic heterocycles. The third kappa shape index (κ3) is 19.2. The van der Waals surface area contributed by atoms with E-state index in [1.165, 1.54) is 116 Å². The minimum Gasteiger partial charge on any atom is -0.726 e. The van der Waals surface area contributed by atoms with E-state index in [1.54, 1.807) is 4.90 Å². The topological polar surface area (TPSA) is 100 Å².